The standard InChI is InChI=1S/C59H69ClN8O9S/c1-38(2)47-6-4-5-7-48(47)54-35-65(34-40-8-11-43(12-9-40)76-45-36-75-37-45)24-25-67(54)42-29-59(30-42)20-22-66(23-21-59)41-10-14-49(55(26-41)77-44-27-50-51(60)33-63-56(50)62-32-44)57(69)64-78(73,74)46-13-15-52(53(28-46)68(71)72)61-31-39-16-18-58(3,70)19-17-39/h4-15,26-28,32-33,38-39,42,45,54,61,70H,16-25,29-31,34-37H2,1-3H3,(H,62,63)(H,64,69)/t39?,54-,58?/m0/s1. The first kappa shape index (κ1) is 53.7. The fourth-order valence-corrected chi connectivity index (χ4v) is 13.6. The number of ether oxygens (including phenoxy) is 3. The second kappa shape index (κ2) is 22.1. The maximum Gasteiger partial charge on any atom is 0.293 e. The smallest absolute Gasteiger partial charge is 0.293 e. The number of anilines is 2. The highest BCUT2D eigenvalue weighted by Crippen LogP contribution is 2.53. The minimum absolute atomic E-state index is 0.0616. The lowest BCUT2D eigenvalue weighted by Gasteiger charge is -2.58. The summed E-state index contributed by atoms with van der Waals surface area (Å²) in [5.41, 5.74) is 4.62. The Morgan fingerprint density at radius 2 is 1.72 bits per heavy atom. The van der Waals surface area contributed by atoms with E-state index in [0.717, 1.165) is 95.3 Å². The van der Waals surface area contributed by atoms with Crippen molar-refractivity contribution in [3.8, 4) is 17.2 Å². The first-order valence-electron chi connectivity index (χ1n) is 27.4. The molecule has 3 aliphatic heterocycles. The molecule has 11 rings (SSSR count). The first-order valence-corrected chi connectivity index (χ1v) is 29.2. The number of aromatic amines is 1. The Hall–Kier alpha value is -6.28. The van der Waals surface area contributed by atoms with E-state index < -0.39 is 37.0 Å². The number of aliphatic hydroxyl groups is 1. The number of nitro benzene ring substituents is 1. The molecule has 0 unspecified atom stereocenters. The summed E-state index contributed by atoms with van der Waals surface area (Å²) in [5, 5.41) is 26.8. The predicted molar refractivity (Wildman–Crippen MR) is 300 cm³/mol. The van der Waals surface area contributed by atoms with Gasteiger partial charge >= 0.3 is 0 Å². The van der Waals surface area contributed by atoms with Crippen LogP contribution in [0.5, 0.6) is 17.2 Å². The van der Waals surface area contributed by atoms with E-state index in [2.05, 4.69) is 97.1 Å². The average molecular weight is 1100 g/mol. The van der Waals surface area contributed by atoms with Crippen LogP contribution < -0.4 is 24.4 Å². The third kappa shape index (κ3) is 11.7. The number of H-pyrrole nitrogens is 1. The maximum absolute atomic E-state index is 14.2. The minimum atomic E-state index is -4.62. The van der Waals surface area contributed by atoms with E-state index >= 15 is 0 Å². The Bertz CT molecular complexity index is 3270. The van der Waals surface area contributed by atoms with Crippen molar-refractivity contribution in [1.29, 1.82) is 0 Å². The van der Waals surface area contributed by atoms with E-state index in [1.807, 2.05) is 13.0 Å². The summed E-state index contributed by atoms with van der Waals surface area (Å²) >= 11 is 6.46. The average Bonchev–Trinajstić information content (AvgIpc) is 3.93. The monoisotopic (exact) mass is 1100 g/mol. The lowest BCUT2D eigenvalue weighted by Crippen LogP contribution is -2.60. The lowest BCUT2D eigenvalue weighted by molar-refractivity contribution is -0.384. The van der Waals surface area contributed by atoms with E-state index in [4.69, 9.17) is 25.8 Å². The van der Waals surface area contributed by atoms with E-state index in [9.17, 15) is 28.4 Å². The van der Waals surface area contributed by atoms with Gasteiger partial charge in [-0.1, -0.05) is 61.8 Å². The molecule has 5 fully saturated rings. The van der Waals surface area contributed by atoms with Crippen molar-refractivity contribution in [3.05, 3.63) is 141 Å². The normalized spacial score (nSPS) is 22.3. The zero-order valence-corrected chi connectivity index (χ0v) is 46.0. The van der Waals surface area contributed by atoms with Crippen molar-refractivity contribution >= 4 is 55.6 Å². The molecule has 1 spiro atoms. The first-order chi connectivity index (χ1) is 37.5. The van der Waals surface area contributed by atoms with Gasteiger partial charge in [0.15, 0.2) is 0 Å². The maximum atomic E-state index is 14.2. The molecule has 1 amide bonds. The summed E-state index contributed by atoms with van der Waals surface area (Å²) in [6, 6.07) is 28.6. The lowest BCUT2D eigenvalue weighted by atomic mass is 9.59. The van der Waals surface area contributed by atoms with Crippen LogP contribution >= 0.6 is 11.6 Å². The minimum Gasteiger partial charge on any atom is -0.486 e. The van der Waals surface area contributed by atoms with Crippen LogP contribution in [-0.2, 0) is 21.3 Å². The summed E-state index contributed by atoms with van der Waals surface area (Å²) in [5.74, 6) is 0.885. The van der Waals surface area contributed by atoms with Crippen LogP contribution in [-0.4, -0.2) is 114 Å². The molecule has 78 heavy (non-hydrogen) atoms. The van der Waals surface area contributed by atoms with E-state index in [-0.39, 0.29) is 46.2 Å². The fourth-order valence-electron chi connectivity index (χ4n) is 12.4. The summed E-state index contributed by atoms with van der Waals surface area (Å²) < 4.78 is 47.7. The number of rotatable bonds is 17. The number of halogens is 1. The highest BCUT2D eigenvalue weighted by molar-refractivity contribution is 7.90. The topological polar surface area (TPSA) is 205 Å². The molecule has 412 valence electrons. The Morgan fingerprint density at radius 3 is 2.44 bits per heavy atom. The number of nitrogens with zero attached hydrogens (tertiary/aromatic N) is 5. The number of hydrogen-bond acceptors (Lipinski definition) is 14. The number of amides is 1. The fraction of sp³-hybridized carbons (Fsp3) is 0.458. The van der Waals surface area contributed by atoms with Gasteiger partial charge in [-0.2, -0.15) is 0 Å². The van der Waals surface area contributed by atoms with Crippen molar-refractivity contribution in [2.24, 2.45) is 11.3 Å². The number of fused-ring (bicyclic) bond motifs is 1. The van der Waals surface area contributed by atoms with Gasteiger partial charge in [-0.15, -0.1) is 0 Å². The summed E-state index contributed by atoms with van der Waals surface area (Å²) in [6.07, 6.45) is 10.3. The highest BCUT2D eigenvalue weighted by Gasteiger charge is 2.50. The molecule has 19 heteroatoms. The van der Waals surface area contributed by atoms with Crippen LogP contribution in [0, 0.1) is 21.4 Å². The second-order valence-corrected chi connectivity index (χ2v) is 25.0. The van der Waals surface area contributed by atoms with Crippen molar-refractivity contribution in [2.75, 3.05) is 62.7 Å². The van der Waals surface area contributed by atoms with Crippen molar-refractivity contribution in [1.82, 2.24) is 24.5 Å². The quantitative estimate of drug-likeness (QED) is 0.0496. The molecule has 2 aliphatic carbocycles. The van der Waals surface area contributed by atoms with Gasteiger partial charge in [-0.3, -0.25) is 24.7 Å². The molecule has 6 aromatic rings. The molecule has 1 atom stereocenters. The number of piperidine rings is 1. The largest absolute Gasteiger partial charge is 0.486 e. The molecular weight excluding hydrogens is 1030 g/mol. The molecule has 5 aliphatic rings. The predicted octanol–water partition coefficient (Wildman–Crippen LogP) is 10.6. The number of nitro groups is 1. The van der Waals surface area contributed by atoms with Gasteiger partial charge in [0.1, 0.15) is 34.7 Å². The van der Waals surface area contributed by atoms with Crippen LogP contribution in [0.1, 0.15) is 111 Å². The van der Waals surface area contributed by atoms with Crippen LogP contribution in [0.15, 0.2) is 108 Å². The van der Waals surface area contributed by atoms with Gasteiger partial charge in [-0.05, 0) is 135 Å². The number of benzene rings is 4. The van der Waals surface area contributed by atoms with Gasteiger partial charge in [-0.25, -0.2) is 18.1 Å². The number of aromatic nitrogens is 2. The number of carbonyl (C=O) groups is 1. The van der Waals surface area contributed by atoms with Crippen LogP contribution in [0.25, 0.3) is 11.0 Å². The van der Waals surface area contributed by atoms with Gasteiger partial charge < -0.3 is 34.5 Å². The van der Waals surface area contributed by atoms with Crippen LogP contribution in [0.3, 0.4) is 0 Å². The van der Waals surface area contributed by atoms with E-state index in [1.54, 1.807) is 24.4 Å². The third-order valence-electron chi connectivity index (χ3n) is 17.1. The van der Waals surface area contributed by atoms with Crippen molar-refractivity contribution in [3.63, 3.8) is 0 Å². The summed E-state index contributed by atoms with van der Waals surface area (Å²) in [7, 11) is -4.62. The van der Waals surface area contributed by atoms with E-state index in [1.165, 1.54) is 35.0 Å². The molecule has 2 aromatic heterocycles. The molecule has 4 N–H and O–H groups in total. The molecule has 0 bridgehead atoms. The Balaban J connectivity index is 0.774. The molecule has 4 aromatic carbocycles. The number of sulfonamides is 1. The molecule has 2 saturated carbocycles. The van der Waals surface area contributed by atoms with Gasteiger partial charge in [0.25, 0.3) is 21.6 Å². The molecular formula is C59H69ClN8O9S. The third-order valence-corrected chi connectivity index (χ3v) is 18.7. The second-order valence-electron chi connectivity index (χ2n) is 22.9. The highest BCUT2D eigenvalue weighted by atomic mass is 35.5. The van der Waals surface area contributed by atoms with Gasteiger partial charge in [0, 0.05) is 87.3 Å². The Labute approximate surface area is 460 Å². The molecule has 0 radical (unpaired) electrons. The summed E-state index contributed by atoms with van der Waals surface area (Å²) in [4.78, 5) is 40.5. The number of piperazine rings is 1. The number of nitrogens with one attached hydrogen (secondary N) is 3. The Kier molecular flexibility index (Phi) is 15.2. The van der Waals surface area contributed by atoms with E-state index in [0.29, 0.717) is 60.6 Å². The van der Waals surface area contributed by atoms with Crippen molar-refractivity contribution in [2.45, 2.75) is 113 Å². The summed E-state index contributed by atoms with van der Waals surface area (Å²) in [6.45, 7) is 13.5. The van der Waals surface area contributed by atoms with Crippen LogP contribution in [0.4, 0.5) is 17.1 Å². The van der Waals surface area contributed by atoms with Gasteiger partial charge in [0.05, 0.1) is 45.4 Å². The number of hydrogen-bond donors (Lipinski definition) is 4. The molecule has 3 saturated heterocycles. The zero-order chi connectivity index (χ0) is 54.3. The molecule has 17 nitrogen and oxygen atoms in total. The number of carbonyl (C=O) groups excluding carboxylic acids is 1. The molecule has 5 heterocycles. The number of pyridine rings is 1. The van der Waals surface area contributed by atoms with Crippen LogP contribution in [0.2, 0.25) is 5.02 Å². The Morgan fingerprint density at radius 1 is 0.962 bits per heavy atom. The zero-order valence-electron chi connectivity index (χ0n) is 44.5. The van der Waals surface area contributed by atoms with Gasteiger partial charge in [0.2, 0.25) is 0 Å². The van der Waals surface area contributed by atoms with Crippen molar-refractivity contribution < 1.29 is 37.5 Å². The SMILES string of the molecule is CC(C)c1ccccc1[C@@H]1CN(Cc2ccc(OC3COC3)cc2)CCN1C1CC2(CCN(c3ccc(C(=O)NS(=O)(=O)c4ccc(NCC5CCC(C)(O)CC5)c([N+](=O)[O-])c4)c(Oc4cnc5[nH]cc(Cl)c5c4)c3)CC2)C1.